The number of benzene rings is 2. The van der Waals surface area contributed by atoms with Crippen molar-refractivity contribution in [2.75, 3.05) is 7.11 Å². The molecular weight excluding hydrogens is 374 g/mol. The first-order valence-corrected chi connectivity index (χ1v) is 11.0. The molecule has 0 fully saturated rings. The first kappa shape index (κ1) is 19.1. The average molecular weight is 402 g/mol. The fraction of sp³-hybridized carbons (Fsp3) is 0.385. The van der Waals surface area contributed by atoms with Crippen molar-refractivity contribution < 1.29 is 9.53 Å². The van der Waals surface area contributed by atoms with Gasteiger partial charge >= 0.3 is 5.97 Å². The largest absolute Gasteiger partial charge is 0.465 e. The Hall–Kier alpha value is -2.88. The molecule has 2 aliphatic carbocycles. The Morgan fingerprint density at radius 3 is 2.23 bits per heavy atom. The molecule has 0 saturated carbocycles. The van der Waals surface area contributed by atoms with Crippen LogP contribution in [0, 0.1) is 0 Å². The first-order valence-electron chi connectivity index (χ1n) is 11.0. The second-order valence-corrected chi connectivity index (χ2v) is 8.52. The first-order chi connectivity index (χ1) is 14.7. The van der Waals surface area contributed by atoms with Gasteiger partial charge in [-0.1, -0.05) is 30.3 Å². The third-order valence-electron chi connectivity index (χ3n) is 6.78. The van der Waals surface area contributed by atoms with E-state index in [4.69, 9.17) is 4.74 Å². The van der Waals surface area contributed by atoms with Crippen LogP contribution in [0.1, 0.15) is 63.9 Å². The molecule has 0 spiro atoms. The van der Waals surface area contributed by atoms with Gasteiger partial charge in [-0.2, -0.15) is 0 Å². The third-order valence-corrected chi connectivity index (χ3v) is 6.78. The summed E-state index contributed by atoms with van der Waals surface area (Å²) in [6.07, 6.45) is 7.80. The molecule has 0 saturated heterocycles. The zero-order valence-corrected chi connectivity index (χ0v) is 17.5. The number of aryl methyl sites for hydroxylation is 2. The maximum Gasteiger partial charge on any atom is 0.338 e. The summed E-state index contributed by atoms with van der Waals surface area (Å²) < 4.78 is 7.12. The molecule has 3 aromatic rings. The molecule has 1 heterocycles. The number of carbonyl (C=O) groups is 1. The van der Waals surface area contributed by atoms with Gasteiger partial charge in [0.05, 0.1) is 24.7 Å². The van der Waals surface area contributed by atoms with Crippen LogP contribution >= 0.6 is 0 Å². The van der Waals surface area contributed by atoms with Crippen molar-refractivity contribution in [3.05, 3.63) is 80.1 Å². The summed E-state index contributed by atoms with van der Waals surface area (Å²) in [5.74, 6) is -0.264. The summed E-state index contributed by atoms with van der Waals surface area (Å²) in [5, 5.41) is 1.08. The Labute approximate surface area is 176 Å². The van der Waals surface area contributed by atoms with Crippen molar-refractivity contribution in [3.63, 3.8) is 0 Å². The third kappa shape index (κ3) is 3.06. The number of carbonyl (C=O) groups excluding carboxylic acids is 1. The minimum absolute atomic E-state index is 0.152. The summed E-state index contributed by atoms with van der Waals surface area (Å²) >= 11 is 0. The predicted molar refractivity (Wildman–Crippen MR) is 118 cm³/mol. The molecule has 0 aliphatic heterocycles. The number of nitrogens with zero attached hydrogens (tertiary/aromatic N) is 1. The van der Waals surface area contributed by atoms with E-state index >= 15 is 0 Å². The van der Waals surface area contributed by atoms with E-state index in [0.717, 1.165) is 84.5 Å². The lowest BCUT2D eigenvalue weighted by Crippen LogP contribution is -2.30. The van der Waals surface area contributed by atoms with Crippen LogP contribution < -0.4 is 5.56 Å². The Balaban J connectivity index is 1.87. The maximum atomic E-state index is 13.7. The van der Waals surface area contributed by atoms with Gasteiger partial charge in [-0.05, 0) is 79.7 Å². The van der Waals surface area contributed by atoms with Crippen LogP contribution in [0.5, 0.6) is 0 Å². The molecule has 0 unspecified atom stereocenters. The van der Waals surface area contributed by atoms with Crippen molar-refractivity contribution in [3.8, 4) is 0 Å². The average Bonchev–Trinajstić information content (AvgIpc) is 2.81. The van der Waals surface area contributed by atoms with Gasteiger partial charge in [0.15, 0.2) is 0 Å². The molecule has 0 N–H and O–H groups in total. The summed E-state index contributed by atoms with van der Waals surface area (Å²) in [7, 11) is 1.45. The summed E-state index contributed by atoms with van der Waals surface area (Å²) in [4.78, 5) is 26.3. The van der Waals surface area contributed by atoms with E-state index in [-0.39, 0.29) is 11.5 Å². The molecule has 0 amide bonds. The molecule has 0 radical (unpaired) electrons. The summed E-state index contributed by atoms with van der Waals surface area (Å²) in [6, 6.07) is 12.2. The molecule has 4 heteroatoms. The monoisotopic (exact) mass is 401 g/mol. The number of ether oxygens (including phenoxy) is 1. The van der Waals surface area contributed by atoms with Crippen molar-refractivity contribution in [1.29, 1.82) is 0 Å². The standard InChI is InChI=1S/C26H27NO3/c1-30-26(29)23-15-22-19-12-6-8-14-21(19)25(28)27(16-17-9-3-2-4-10-17)24(22)20-13-7-5-11-18(20)23/h2-4,9-10,15H,5-8,11-14,16H2,1H3. The summed E-state index contributed by atoms with van der Waals surface area (Å²) in [5.41, 5.74) is 7.38. The molecule has 5 rings (SSSR count). The Kier molecular flexibility index (Phi) is 4.93. The van der Waals surface area contributed by atoms with Crippen LogP contribution in [0.3, 0.4) is 0 Å². The molecule has 0 bridgehead atoms. The fourth-order valence-corrected chi connectivity index (χ4v) is 5.38. The van der Waals surface area contributed by atoms with E-state index in [1.807, 2.05) is 28.8 Å². The van der Waals surface area contributed by atoms with E-state index in [1.165, 1.54) is 12.7 Å². The van der Waals surface area contributed by atoms with E-state index in [1.54, 1.807) is 0 Å². The summed E-state index contributed by atoms with van der Waals surface area (Å²) in [6.45, 7) is 0.563. The van der Waals surface area contributed by atoms with Crippen LogP contribution in [0.15, 0.2) is 41.2 Å². The van der Waals surface area contributed by atoms with E-state index in [0.29, 0.717) is 12.1 Å². The Morgan fingerprint density at radius 2 is 1.53 bits per heavy atom. The second-order valence-electron chi connectivity index (χ2n) is 8.52. The topological polar surface area (TPSA) is 48.3 Å². The molecule has 4 nitrogen and oxygen atoms in total. The van der Waals surface area contributed by atoms with Crippen LogP contribution in [0.2, 0.25) is 0 Å². The van der Waals surface area contributed by atoms with Crippen molar-refractivity contribution >= 4 is 16.9 Å². The van der Waals surface area contributed by atoms with Gasteiger partial charge < -0.3 is 9.30 Å². The molecular formula is C26H27NO3. The molecule has 30 heavy (non-hydrogen) atoms. The van der Waals surface area contributed by atoms with Crippen LogP contribution in [0.25, 0.3) is 10.9 Å². The number of rotatable bonds is 3. The maximum absolute atomic E-state index is 13.7. The van der Waals surface area contributed by atoms with E-state index in [2.05, 4.69) is 12.1 Å². The Bertz CT molecular complexity index is 1190. The predicted octanol–water partition coefficient (Wildman–Crippen LogP) is 4.59. The van der Waals surface area contributed by atoms with Crippen molar-refractivity contribution in [2.24, 2.45) is 0 Å². The van der Waals surface area contributed by atoms with Gasteiger partial charge in [0, 0.05) is 10.9 Å². The lowest BCUT2D eigenvalue weighted by Gasteiger charge is -2.27. The fourth-order valence-electron chi connectivity index (χ4n) is 5.38. The number of aromatic nitrogens is 1. The molecule has 154 valence electrons. The quantitative estimate of drug-likeness (QED) is 0.603. The highest BCUT2D eigenvalue weighted by Gasteiger charge is 2.27. The number of hydrogen-bond acceptors (Lipinski definition) is 3. The SMILES string of the molecule is COC(=O)c1cc2c3c(c(=O)n(Cc4ccccc4)c2c2c1CCCC2)CCCC3. The zero-order chi connectivity index (χ0) is 20.7. The molecule has 1 aromatic heterocycles. The number of fused-ring (bicyclic) bond motifs is 5. The lowest BCUT2D eigenvalue weighted by atomic mass is 9.82. The van der Waals surface area contributed by atoms with Crippen LogP contribution in [-0.2, 0) is 37.0 Å². The van der Waals surface area contributed by atoms with Crippen molar-refractivity contribution in [2.45, 2.75) is 57.9 Å². The van der Waals surface area contributed by atoms with Gasteiger partial charge in [0.1, 0.15) is 0 Å². The van der Waals surface area contributed by atoms with E-state index in [9.17, 15) is 9.59 Å². The molecule has 0 atom stereocenters. The Morgan fingerprint density at radius 1 is 0.900 bits per heavy atom. The highest BCUT2D eigenvalue weighted by atomic mass is 16.5. The number of esters is 1. The van der Waals surface area contributed by atoms with Gasteiger partial charge in [-0.25, -0.2) is 4.79 Å². The second kappa shape index (κ2) is 7.75. The highest BCUT2D eigenvalue weighted by Crippen LogP contribution is 2.36. The van der Waals surface area contributed by atoms with Crippen LogP contribution in [0.4, 0.5) is 0 Å². The number of hydrogen-bond donors (Lipinski definition) is 0. The van der Waals surface area contributed by atoms with Gasteiger partial charge in [-0.15, -0.1) is 0 Å². The lowest BCUT2D eigenvalue weighted by molar-refractivity contribution is 0.0599. The zero-order valence-electron chi connectivity index (χ0n) is 17.5. The van der Waals surface area contributed by atoms with E-state index < -0.39 is 0 Å². The molecule has 2 aliphatic rings. The van der Waals surface area contributed by atoms with Crippen molar-refractivity contribution in [1.82, 2.24) is 4.57 Å². The van der Waals surface area contributed by atoms with Gasteiger partial charge in [0.2, 0.25) is 0 Å². The normalized spacial score (nSPS) is 15.5. The van der Waals surface area contributed by atoms with Crippen LogP contribution in [-0.4, -0.2) is 17.6 Å². The highest BCUT2D eigenvalue weighted by molar-refractivity contribution is 5.99. The minimum Gasteiger partial charge on any atom is -0.465 e. The van der Waals surface area contributed by atoms with Gasteiger partial charge in [0.25, 0.3) is 5.56 Å². The number of pyridine rings is 1. The smallest absolute Gasteiger partial charge is 0.338 e. The number of methoxy groups -OCH3 is 1. The minimum atomic E-state index is -0.264. The molecule has 2 aromatic carbocycles. The van der Waals surface area contributed by atoms with Gasteiger partial charge in [-0.3, -0.25) is 4.79 Å².